The maximum atomic E-state index is 13.2. The van der Waals surface area contributed by atoms with Gasteiger partial charge in [-0.05, 0) is 161 Å². The number of fused-ring (bicyclic) bond motifs is 4. The number of rotatable bonds is 30. The number of aliphatic hydroxyl groups excluding tert-OH is 3. The minimum absolute atomic E-state index is 0.118. The van der Waals surface area contributed by atoms with E-state index < -0.39 is 18.1 Å². The summed E-state index contributed by atoms with van der Waals surface area (Å²) in [7, 11) is 14.2. The number of hydrogen-bond acceptors (Lipinski definition) is 18. The predicted molar refractivity (Wildman–Crippen MR) is 517 cm³/mol. The zero-order valence-electron chi connectivity index (χ0n) is 73.8. The van der Waals surface area contributed by atoms with Gasteiger partial charge in [-0.3, -0.25) is 44.4 Å². The highest BCUT2D eigenvalue weighted by Gasteiger charge is 2.29. The lowest BCUT2D eigenvalue weighted by Crippen LogP contribution is -2.31. The van der Waals surface area contributed by atoms with Gasteiger partial charge < -0.3 is 75.5 Å². The Morgan fingerprint density at radius 2 is 0.733 bits per heavy atom. The molecule has 0 unspecified atom stereocenters. The van der Waals surface area contributed by atoms with Crippen molar-refractivity contribution in [3.8, 4) is 23.0 Å². The molecule has 16 rings (SSSR count). The van der Waals surface area contributed by atoms with E-state index in [0.29, 0.717) is 79.4 Å². The number of aromatic nitrogens is 8. The molecule has 0 radical (unpaired) electrons. The molecule has 3 atom stereocenters. The van der Waals surface area contributed by atoms with Gasteiger partial charge in [-0.1, -0.05) is 176 Å². The first-order valence-corrected chi connectivity index (χ1v) is 42.2. The number of hydrogen-bond donors (Lipinski definition) is 12. The summed E-state index contributed by atoms with van der Waals surface area (Å²) in [5, 5.41) is 76.3. The van der Waals surface area contributed by atoms with Crippen LogP contribution in [0.5, 0.6) is 23.0 Å². The Morgan fingerprint density at radius 3 is 1.05 bits per heavy atom. The van der Waals surface area contributed by atoms with Crippen LogP contribution in [0.1, 0.15) is 147 Å². The van der Waals surface area contributed by atoms with Crippen LogP contribution in [-0.2, 0) is 11.3 Å². The molecule has 1 saturated carbocycles. The zero-order chi connectivity index (χ0) is 92.5. The molecule has 4 heterocycles. The number of nitrogens with one attached hydrogen (secondary N) is 9. The molecule has 5 amide bonds. The minimum atomic E-state index is -0.548. The zero-order valence-corrected chi connectivity index (χ0v) is 73.8. The van der Waals surface area contributed by atoms with Crippen LogP contribution < -0.4 is 55.3 Å². The van der Waals surface area contributed by atoms with E-state index in [9.17, 15) is 39.3 Å². The summed E-state index contributed by atoms with van der Waals surface area (Å²) in [6, 6.07) is 72.2. The lowest BCUT2D eigenvalue weighted by atomic mass is 10.0. The van der Waals surface area contributed by atoms with Gasteiger partial charge in [0.25, 0.3) is 23.6 Å². The molecule has 131 heavy (non-hydrogen) atoms. The fourth-order valence-corrected chi connectivity index (χ4v) is 14.6. The third kappa shape index (κ3) is 23.2. The Hall–Kier alpha value is -16.2. The Balaban J connectivity index is 0.000000149. The standard InChI is InChI=1S/C27H26N4O4.2C27H28N4O3.C22H20N4O2/c1-17(33)28-20-11-8-18(9-12-20)10-14-22-25-23(31-30-22)15-13-21(26(25)35-2)27(34)29-24(16-32)19-6-4-3-5-7-19;1-31(2)20-11-7-8-18(16-20)12-14-22-25-23(30-29-22)15-13-21(26(25)34-3)27(33)28-24(17-32)19-9-5-4-6-10-19;1-31(2)20-12-9-18(10-13-20)11-15-22-25-23(30-29-22)16-14-21(26(25)34-3)27(33)28-24(17-32)19-7-5-4-6-8-19;1-23-13-15-5-3-14(4-6-15)7-11-18-20-19(26-25-18)12-10-17(21(20)28-2)22(27)24-16-8-9-16/h3-15,24,32H,16H2,1-2H3,(H,28,33)(H,29,34)(H,30,31);2*4-16,24,32H,17H2,1-3H3,(H,28,33)(H,29,30);3-7,10-12,16H,8-9,13H2,2H3,(H,24,27)(H,25,26)/b14-10+;14-12+;15-11+;11-7+/t3*24-;/m111./s1. The third-order valence-electron chi connectivity index (χ3n) is 21.6. The van der Waals surface area contributed by atoms with Gasteiger partial charge >= 0.3 is 0 Å². The monoisotopic (exact) mass is 1750 g/mol. The summed E-state index contributed by atoms with van der Waals surface area (Å²) < 4.78 is 22.6. The summed E-state index contributed by atoms with van der Waals surface area (Å²) >= 11 is 0. The molecule has 1 aliphatic rings. The lowest BCUT2D eigenvalue weighted by molar-refractivity contribution is -0.114. The van der Waals surface area contributed by atoms with Crippen molar-refractivity contribution in [2.45, 2.75) is 50.5 Å². The second-order valence-electron chi connectivity index (χ2n) is 31.0. The van der Waals surface area contributed by atoms with Crippen LogP contribution in [0.4, 0.5) is 17.1 Å². The molecule has 0 bridgehead atoms. The predicted octanol–water partition coefficient (Wildman–Crippen LogP) is 16.8. The number of aliphatic hydroxyl groups is 3. The Bertz CT molecular complexity index is 6650. The van der Waals surface area contributed by atoms with Gasteiger partial charge in [-0.15, -0.1) is 0 Å². The van der Waals surface area contributed by atoms with Gasteiger partial charge in [-0.2, -0.15) is 20.4 Å². The molecule has 4 aromatic heterocycles. The first-order valence-electron chi connectivity index (χ1n) is 42.2. The van der Waals surface area contributed by atoms with Crippen LogP contribution in [0.25, 0.3) is 97.1 Å². The summed E-state index contributed by atoms with van der Waals surface area (Å²) in [5.74, 6) is 0.484. The largest absolute Gasteiger partial charge is 0.495 e. The van der Waals surface area contributed by atoms with Crippen LogP contribution >= 0.6 is 0 Å². The van der Waals surface area contributed by atoms with Crippen molar-refractivity contribution in [2.75, 3.05) is 91.6 Å². The molecule has 28 nitrogen and oxygen atoms in total. The third-order valence-corrected chi connectivity index (χ3v) is 21.6. The summed E-state index contributed by atoms with van der Waals surface area (Å²) in [6.45, 7) is 8.11. The first-order chi connectivity index (χ1) is 63.7. The number of nitrogens with zero attached hydrogens (tertiary/aromatic N) is 7. The summed E-state index contributed by atoms with van der Waals surface area (Å²) in [5.41, 5.74) is 17.7. The number of carbonyl (C=O) groups excluding carboxylic acids is 5. The Labute approximate surface area is 757 Å². The molecule has 0 aliphatic heterocycles. The molecule has 666 valence electrons. The van der Waals surface area contributed by atoms with Gasteiger partial charge in [0.2, 0.25) is 12.5 Å². The van der Waals surface area contributed by atoms with Crippen molar-refractivity contribution < 1.29 is 58.2 Å². The van der Waals surface area contributed by atoms with E-state index in [1.165, 1.54) is 28.3 Å². The average molecular weight is 1760 g/mol. The molecule has 0 spiro atoms. The maximum absolute atomic E-state index is 13.2. The molecule has 28 heteroatoms. The molecule has 11 aromatic carbocycles. The molecule has 0 saturated heterocycles. The molecule has 15 aromatic rings. The normalized spacial score (nSPS) is 12.4. The van der Waals surface area contributed by atoms with Gasteiger partial charge in [0.05, 0.1) is 155 Å². The number of carbonyl (C=O) groups is 5. The van der Waals surface area contributed by atoms with E-state index in [4.69, 9.17) is 25.5 Å². The van der Waals surface area contributed by atoms with E-state index in [1.807, 2.05) is 263 Å². The molecule has 12 N–H and O–H groups in total. The van der Waals surface area contributed by atoms with Crippen LogP contribution in [0, 0.1) is 6.57 Å². The Morgan fingerprint density at radius 1 is 0.405 bits per heavy atom. The van der Waals surface area contributed by atoms with Crippen molar-refractivity contribution in [1.82, 2.24) is 62.1 Å². The Kier molecular flexibility index (Phi) is 31.3. The highest BCUT2D eigenvalue weighted by atomic mass is 16.5. The van der Waals surface area contributed by atoms with Gasteiger partial charge in [-0.25, -0.2) is 6.57 Å². The highest BCUT2D eigenvalue weighted by Crippen LogP contribution is 2.38. The highest BCUT2D eigenvalue weighted by molar-refractivity contribution is 6.09. The second kappa shape index (κ2) is 44.3. The minimum Gasteiger partial charge on any atom is -0.495 e. The quantitative estimate of drug-likeness (QED) is 0.0186. The number of anilines is 3. The van der Waals surface area contributed by atoms with Crippen LogP contribution in [0.3, 0.4) is 0 Å². The smallest absolute Gasteiger partial charge is 0.255 e. The van der Waals surface area contributed by atoms with Crippen LogP contribution in [-0.4, -0.2) is 168 Å². The number of H-pyrrole nitrogens is 4. The van der Waals surface area contributed by atoms with Crippen molar-refractivity contribution in [3.05, 3.63) is 338 Å². The molecule has 1 aliphatic carbocycles. The summed E-state index contributed by atoms with van der Waals surface area (Å²) in [4.78, 5) is 70.7. The van der Waals surface area contributed by atoms with Crippen molar-refractivity contribution >= 4 is 139 Å². The molecule has 1 fully saturated rings. The molecular weight excluding hydrogens is 1650 g/mol. The second-order valence-corrected chi connectivity index (χ2v) is 31.0. The summed E-state index contributed by atoms with van der Waals surface area (Å²) in [6.07, 6.45) is 17.5. The lowest BCUT2D eigenvalue weighted by Gasteiger charge is -2.18. The number of aromatic amines is 4. The van der Waals surface area contributed by atoms with Crippen molar-refractivity contribution in [3.63, 3.8) is 0 Å². The number of benzene rings is 11. The fourth-order valence-electron chi connectivity index (χ4n) is 14.6. The van der Waals surface area contributed by atoms with E-state index in [-0.39, 0.29) is 55.4 Å². The first kappa shape index (κ1) is 92.4. The topological polar surface area (TPSA) is 369 Å². The number of amides is 5. The van der Waals surface area contributed by atoms with Gasteiger partial charge in [0.1, 0.15) is 23.0 Å². The molecular formula is C103H102N16O12. The van der Waals surface area contributed by atoms with Crippen molar-refractivity contribution in [1.29, 1.82) is 0 Å². The van der Waals surface area contributed by atoms with Gasteiger partial charge in [0, 0.05) is 63.8 Å². The SMILES string of the molecule is COc1c(C(=O)N[C@H](CO)c2ccccc2)ccc2n[nH]c(/C=C/c3ccc(N(C)C)cc3)c12.COc1c(C(=O)N[C@H](CO)c2ccccc2)ccc2n[nH]c(/C=C/c3ccc(NC(C)=O)cc3)c12.COc1c(C(=O)N[C@H](CO)c2ccccc2)ccc2n[nH]c(/C=C/c3cccc(N(C)C)c3)c12.[C-]#[N+]Cc1ccc(/C=C/c2[nH]nc3ccc(C(=O)NC4CC4)c(OC)c23)cc1. The van der Waals surface area contributed by atoms with Gasteiger partial charge in [0.15, 0.2) is 0 Å². The number of ether oxygens (including phenoxy) is 4. The van der Waals surface area contributed by atoms with E-state index in [1.54, 1.807) is 49.6 Å². The van der Waals surface area contributed by atoms with Crippen LogP contribution in [0.2, 0.25) is 0 Å². The van der Waals surface area contributed by atoms with E-state index >= 15 is 0 Å². The number of methoxy groups -OCH3 is 4. The maximum Gasteiger partial charge on any atom is 0.255 e. The van der Waals surface area contributed by atoms with E-state index in [0.717, 1.165) is 113 Å². The van der Waals surface area contributed by atoms with Crippen molar-refractivity contribution in [2.24, 2.45) is 0 Å². The fraction of sp³-hybridized carbons (Fsp3) is 0.184. The average Bonchev–Trinajstić information content (AvgIpc) is 1.67. The van der Waals surface area contributed by atoms with Crippen LogP contribution in [0.15, 0.2) is 237 Å². The van der Waals surface area contributed by atoms with E-state index in [2.05, 4.69) is 90.4 Å².